The van der Waals surface area contributed by atoms with Gasteiger partial charge in [0.05, 0.1) is 5.56 Å². The summed E-state index contributed by atoms with van der Waals surface area (Å²) in [6.07, 6.45) is 1.62. The smallest absolute Gasteiger partial charge is 0.254 e. The fourth-order valence-corrected chi connectivity index (χ4v) is 2.42. The number of carbonyl (C=O) groups excluding carboxylic acids is 2. The molecule has 0 atom stereocenters. The normalized spacial score (nSPS) is 10.4. The van der Waals surface area contributed by atoms with Gasteiger partial charge >= 0.3 is 0 Å². The summed E-state index contributed by atoms with van der Waals surface area (Å²) in [5.41, 5.74) is -0.268. The molecule has 0 radical (unpaired) electrons. The number of rotatable bonds is 6. The Morgan fingerprint density at radius 3 is 2.60 bits per heavy atom. The first-order valence-electron chi connectivity index (χ1n) is 7.57. The van der Waals surface area contributed by atoms with Crippen molar-refractivity contribution in [3.8, 4) is 0 Å². The van der Waals surface area contributed by atoms with Crippen LogP contribution in [0.25, 0.3) is 0 Å². The Balaban J connectivity index is 1.92. The van der Waals surface area contributed by atoms with E-state index in [9.17, 15) is 18.4 Å². The molecule has 0 aliphatic rings. The summed E-state index contributed by atoms with van der Waals surface area (Å²) in [5.74, 6) is -2.12. The second-order valence-corrected chi connectivity index (χ2v) is 6.02. The molecule has 0 bridgehead atoms. The van der Waals surface area contributed by atoms with E-state index in [1.807, 2.05) is 6.92 Å². The molecule has 5 nitrogen and oxygen atoms in total. The molecule has 2 aromatic rings. The molecule has 8 heteroatoms. The lowest BCUT2D eigenvalue weighted by atomic mass is 10.2. The van der Waals surface area contributed by atoms with Crippen molar-refractivity contribution in [2.75, 3.05) is 18.0 Å². The van der Waals surface area contributed by atoms with Gasteiger partial charge < -0.3 is 5.32 Å². The predicted molar refractivity (Wildman–Crippen MR) is 93.3 cm³/mol. The van der Waals surface area contributed by atoms with E-state index in [-0.39, 0.29) is 24.4 Å². The highest BCUT2D eigenvalue weighted by atomic mass is 79.9. The van der Waals surface area contributed by atoms with Crippen molar-refractivity contribution in [3.05, 3.63) is 58.2 Å². The standard InChI is InChI=1S/C17H16BrF2N3O2/c1-2-23(15-6-3-11(18)10-22-15)16(24)7-8-21-17(25)13-5-4-12(19)9-14(13)20/h3-6,9-10H,2,7-8H2,1H3,(H,21,25). The first-order valence-corrected chi connectivity index (χ1v) is 8.37. The van der Waals surface area contributed by atoms with Crippen LogP contribution in [-0.4, -0.2) is 29.9 Å². The summed E-state index contributed by atoms with van der Waals surface area (Å²) in [6.45, 7) is 2.27. The van der Waals surface area contributed by atoms with Gasteiger partial charge in [-0.05, 0) is 47.1 Å². The number of amides is 2. The van der Waals surface area contributed by atoms with Crippen LogP contribution in [0.2, 0.25) is 0 Å². The molecule has 1 heterocycles. The molecule has 25 heavy (non-hydrogen) atoms. The topological polar surface area (TPSA) is 62.3 Å². The van der Waals surface area contributed by atoms with Crippen LogP contribution in [0.4, 0.5) is 14.6 Å². The molecule has 2 rings (SSSR count). The Morgan fingerprint density at radius 2 is 2.00 bits per heavy atom. The molecular weight excluding hydrogens is 396 g/mol. The zero-order chi connectivity index (χ0) is 18.4. The van der Waals surface area contributed by atoms with Gasteiger partial charge in [-0.3, -0.25) is 14.5 Å². The van der Waals surface area contributed by atoms with E-state index in [1.165, 1.54) is 4.90 Å². The molecule has 0 unspecified atom stereocenters. The molecule has 1 N–H and O–H groups in total. The Morgan fingerprint density at radius 1 is 1.24 bits per heavy atom. The summed E-state index contributed by atoms with van der Waals surface area (Å²) < 4.78 is 27.2. The van der Waals surface area contributed by atoms with Crippen LogP contribution < -0.4 is 10.2 Å². The highest BCUT2D eigenvalue weighted by Crippen LogP contribution is 2.15. The van der Waals surface area contributed by atoms with Crippen LogP contribution >= 0.6 is 15.9 Å². The lowest BCUT2D eigenvalue weighted by Crippen LogP contribution is -2.35. The molecule has 0 aliphatic heterocycles. The van der Waals surface area contributed by atoms with Crippen molar-refractivity contribution in [1.29, 1.82) is 0 Å². The number of nitrogens with one attached hydrogen (secondary N) is 1. The Kier molecular flexibility index (Phi) is 6.58. The molecule has 0 saturated heterocycles. The largest absolute Gasteiger partial charge is 0.351 e. The lowest BCUT2D eigenvalue weighted by Gasteiger charge is -2.20. The van der Waals surface area contributed by atoms with E-state index in [0.29, 0.717) is 18.4 Å². The van der Waals surface area contributed by atoms with Crippen molar-refractivity contribution in [2.45, 2.75) is 13.3 Å². The minimum atomic E-state index is -0.946. The number of carbonyl (C=O) groups is 2. The maximum atomic E-state index is 13.5. The third kappa shape index (κ3) is 5.06. The number of hydrogen-bond acceptors (Lipinski definition) is 3. The second kappa shape index (κ2) is 8.66. The van der Waals surface area contributed by atoms with Crippen LogP contribution in [0, 0.1) is 11.6 Å². The van der Waals surface area contributed by atoms with Crippen LogP contribution in [0.15, 0.2) is 41.0 Å². The van der Waals surface area contributed by atoms with E-state index in [2.05, 4.69) is 26.2 Å². The van der Waals surface area contributed by atoms with Gasteiger partial charge in [0.2, 0.25) is 5.91 Å². The van der Waals surface area contributed by atoms with Crippen molar-refractivity contribution in [2.24, 2.45) is 0 Å². The van der Waals surface area contributed by atoms with Gasteiger partial charge in [0.1, 0.15) is 17.5 Å². The maximum Gasteiger partial charge on any atom is 0.254 e. The first-order chi connectivity index (χ1) is 11.9. The molecule has 132 valence electrons. The zero-order valence-corrected chi connectivity index (χ0v) is 15.0. The SMILES string of the molecule is CCN(C(=O)CCNC(=O)c1ccc(F)cc1F)c1ccc(Br)cn1. The molecule has 0 aliphatic carbocycles. The minimum absolute atomic E-state index is 0.0279. The molecule has 2 amide bonds. The quantitative estimate of drug-likeness (QED) is 0.792. The number of aromatic nitrogens is 1. The van der Waals surface area contributed by atoms with Gasteiger partial charge in [-0.15, -0.1) is 0 Å². The van der Waals surface area contributed by atoms with Gasteiger partial charge in [-0.2, -0.15) is 0 Å². The number of hydrogen-bond donors (Lipinski definition) is 1. The van der Waals surface area contributed by atoms with E-state index in [1.54, 1.807) is 18.3 Å². The third-order valence-electron chi connectivity index (χ3n) is 3.41. The highest BCUT2D eigenvalue weighted by Gasteiger charge is 2.16. The number of anilines is 1. The van der Waals surface area contributed by atoms with Gasteiger partial charge in [0.25, 0.3) is 5.91 Å². The molecule has 1 aromatic heterocycles. The van der Waals surface area contributed by atoms with Crippen LogP contribution in [0.3, 0.4) is 0 Å². The van der Waals surface area contributed by atoms with Crippen molar-refractivity contribution < 1.29 is 18.4 Å². The third-order valence-corrected chi connectivity index (χ3v) is 3.87. The monoisotopic (exact) mass is 411 g/mol. The summed E-state index contributed by atoms with van der Waals surface area (Å²) in [6, 6.07) is 6.18. The highest BCUT2D eigenvalue weighted by molar-refractivity contribution is 9.10. The molecule has 0 saturated carbocycles. The summed E-state index contributed by atoms with van der Waals surface area (Å²) in [4.78, 5) is 29.8. The Labute approximate surface area is 152 Å². The molecule has 0 fully saturated rings. The van der Waals surface area contributed by atoms with Crippen LogP contribution in [0.1, 0.15) is 23.7 Å². The molecule has 1 aromatic carbocycles. The van der Waals surface area contributed by atoms with Gasteiger partial charge in [0, 0.05) is 36.2 Å². The average Bonchev–Trinajstić information content (AvgIpc) is 2.57. The lowest BCUT2D eigenvalue weighted by molar-refractivity contribution is -0.118. The fraction of sp³-hybridized carbons (Fsp3) is 0.235. The van der Waals surface area contributed by atoms with Gasteiger partial charge in [-0.1, -0.05) is 0 Å². The van der Waals surface area contributed by atoms with E-state index >= 15 is 0 Å². The Hall–Kier alpha value is -2.35. The number of pyridine rings is 1. The van der Waals surface area contributed by atoms with Crippen molar-refractivity contribution >= 4 is 33.6 Å². The zero-order valence-electron chi connectivity index (χ0n) is 13.4. The number of benzene rings is 1. The molecular formula is C17H16BrF2N3O2. The second-order valence-electron chi connectivity index (χ2n) is 5.10. The van der Waals surface area contributed by atoms with Crippen molar-refractivity contribution in [1.82, 2.24) is 10.3 Å². The van der Waals surface area contributed by atoms with E-state index in [4.69, 9.17) is 0 Å². The van der Waals surface area contributed by atoms with E-state index < -0.39 is 17.5 Å². The minimum Gasteiger partial charge on any atom is -0.351 e. The number of nitrogens with zero attached hydrogens (tertiary/aromatic N) is 2. The predicted octanol–water partition coefficient (Wildman–Crippen LogP) is 3.30. The fourth-order valence-electron chi connectivity index (χ4n) is 2.18. The summed E-state index contributed by atoms with van der Waals surface area (Å²) >= 11 is 3.28. The van der Waals surface area contributed by atoms with E-state index in [0.717, 1.165) is 16.6 Å². The summed E-state index contributed by atoms with van der Waals surface area (Å²) in [7, 11) is 0. The summed E-state index contributed by atoms with van der Waals surface area (Å²) in [5, 5.41) is 2.45. The van der Waals surface area contributed by atoms with Gasteiger partial charge in [-0.25, -0.2) is 13.8 Å². The van der Waals surface area contributed by atoms with Gasteiger partial charge in [0.15, 0.2) is 0 Å². The van der Waals surface area contributed by atoms with Crippen LogP contribution in [-0.2, 0) is 4.79 Å². The van der Waals surface area contributed by atoms with Crippen LogP contribution in [0.5, 0.6) is 0 Å². The Bertz CT molecular complexity index is 769. The average molecular weight is 412 g/mol. The number of halogens is 3. The first kappa shape index (κ1) is 19.0. The maximum absolute atomic E-state index is 13.5. The molecule has 0 spiro atoms. The van der Waals surface area contributed by atoms with Crippen molar-refractivity contribution in [3.63, 3.8) is 0 Å².